The summed E-state index contributed by atoms with van der Waals surface area (Å²) in [5, 5.41) is 18.8. The fourth-order valence-corrected chi connectivity index (χ4v) is 2.51. The molecule has 82 valence electrons. The van der Waals surface area contributed by atoms with Crippen molar-refractivity contribution in [2.24, 2.45) is 0 Å². The van der Waals surface area contributed by atoms with Crippen LogP contribution in [0.15, 0.2) is 0 Å². The van der Waals surface area contributed by atoms with Crippen LogP contribution in [0.25, 0.3) is 0 Å². The quantitative estimate of drug-likeness (QED) is 0.463. The summed E-state index contributed by atoms with van der Waals surface area (Å²) in [6, 6.07) is 0.797. The second-order valence-electron chi connectivity index (χ2n) is 3.95. The third-order valence-electron chi connectivity index (χ3n) is 2.19. The molecule has 0 aromatic rings. The van der Waals surface area contributed by atoms with Gasteiger partial charge in [-0.2, -0.15) is 0 Å². The molecule has 0 amide bonds. The summed E-state index contributed by atoms with van der Waals surface area (Å²) in [7, 11) is 0. The molecule has 0 bridgehead atoms. The predicted molar refractivity (Wildman–Crippen MR) is 56.1 cm³/mol. The third kappa shape index (κ3) is 10.2. The average molecular weight is 225 g/mol. The van der Waals surface area contributed by atoms with E-state index in [-0.39, 0.29) is 0 Å². The predicted octanol–water partition coefficient (Wildman–Crippen LogP) is 0.261. The van der Waals surface area contributed by atoms with Gasteiger partial charge in [-0.1, -0.05) is 0 Å². The van der Waals surface area contributed by atoms with Gasteiger partial charge in [-0.3, -0.25) is 9.59 Å². The van der Waals surface area contributed by atoms with Crippen molar-refractivity contribution in [3.8, 4) is 0 Å². The van der Waals surface area contributed by atoms with Crippen LogP contribution in [0.5, 0.6) is 0 Å². The van der Waals surface area contributed by atoms with Crippen molar-refractivity contribution in [3.05, 3.63) is 0 Å². The van der Waals surface area contributed by atoms with Gasteiger partial charge in [0.1, 0.15) is 6.42 Å². The van der Waals surface area contributed by atoms with E-state index in [1.807, 2.05) is 0 Å². The van der Waals surface area contributed by atoms with Crippen LogP contribution >= 0.6 is 0 Å². The Morgan fingerprint density at radius 2 is 1.93 bits per heavy atom. The van der Waals surface area contributed by atoms with Crippen molar-refractivity contribution in [2.45, 2.75) is 35.4 Å². The van der Waals surface area contributed by atoms with Crippen LogP contribution in [0, 0.1) is 0 Å². The van der Waals surface area contributed by atoms with E-state index in [0.29, 0.717) is 0 Å². The molecule has 0 aliphatic carbocycles. The number of rotatable bonds is 2. The molecule has 0 aromatic carbocycles. The van der Waals surface area contributed by atoms with Crippen LogP contribution in [-0.2, 0) is 9.59 Å². The smallest absolute Gasteiger partial charge is 0.314 e. The second-order valence-corrected chi connectivity index (χ2v) is 5.58. The SMILES string of the molecule is CC1C[CH]([Na])CCN1.O=C(O)CC(=O)O. The molecule has 1 aliphatic rings. The first-order valence-electron chi connectivity index (χ1n) is 5.08. The number of nitrogens with one attached hydrogen (secondary N) is 1. The molecule has 1 saturated heterocycles. The number of carbonyl (C=O) groups is 2. The monoisotopic (exact) mass is 225 g/mol. The Kier molecular flexibility index (Phi) is 8.04. The molecule has 2 atom stereocenters. The molecule has 1 heterocycles. The van der Waals surface area contributed by atoms with E-state index < -0.39 is 18.4 Å². The molecule has 1 rings (SSSR count). The van der Waals surface area contributed by atoms with Gasteiger partial charge in [-0.05, 0) is 0 Å². The van der Waals surface area contributed by atoms with Gasteiger partial charge in [0.15, 0.2) is 0 Å². The number of piperidine rings is 1. The van der Waals surface area contributed by atoms with Gasteiger partial charge in [0, 0.05) is 0 Å². The van der Waals surface area contributed by atoms with E-state index in [1.54, 1.807) is 0 Å². The maximum atomic E-state index is 9.43. The Hall–Kier alpha value is -0.100. The van der Waals surface area contributed by atoms with Gasteiger partial charge in [-0.15, -0.1) is 0 Å². The van der Waals surface area contributed by atoms with Crippen LogP contribution in [0.2, 0.25) is 3.17 Å². The standard InChI is InChI=1S/C6H12N.C3H4O4.Na/c1-6-4-2-3-5-7-6;4-2(5)1-3(6)7;/h2,6-7H,3-5H2,1H3;1H2,(H,4,5)(H,6,7);. The molecular weight excluding hydrogens is 209 g/mol. The minimum Gasteiger partial charge on any atom is -0.481 e. The Morgan fingerprint density at radius 3 is 2.13 bits per heavy atom. The van der Waals surface area contributed by atoms with Crippen molar-refractivity contribution in [1.29, 1.82) is 0 Å². The largest absolute Gasteiger partial charge is 0.481 e. The van der Waals surface area contributed by atoms with Crippen LogP contribution in [0.4, 0.5) is 0 Å². The maximum Gasteiger partial charge on any atom is 0.314 e. The van der Waals surface area contributed by atoms with Crippen molar-refractivity contribution in [2.75, 3.05) is 6.54 Å². The van der Waals surface area contributed by atoms with Crippen LogP contribution in [0.1, 0.15) is 26.2 Å². The summed E-state index contributed by atoms with van der Waals surface area (Å²) >= 11 is 1.40. The summed E-state index contributed by atoms with van der Waals surface area (Å²) in [6.45, 7) is 3.54. The molecule has 0 radical (unpaired) electrons. The molecule has 5 nitrogen and oxygen atoms in total. The average Bonchev–Trinajstić information content (AvgIpc) is 2.01. The van der Waals surface area contributed by atoms with E-state index in [0.717, 1.165) is 9.21 Å². The molecule has 15 heavy (non-hydrogen) atoms. The van der Waals surface area contributed by atoms with E-state index in [2.05, 4.69) is 12.2 Å². The van der Waals surface area contributed by atoms with Gasteiger partial charge in [0.2, 0.25) is 0 Å². The first-order valence-corrected chi connectivity index (χ1v) is 6.24. The zero-order chi connectivity index (χ0) is 11.8. The van der Waals surface area contributed by atoms with Crippen molar-refractivity contribution >= 4 is 39.9 Å². The van der Waals surface area contributed by atoms with E-state index in [9.17, 15) is 9.59 Å². The van der Waals surface area contributed by atoms with Crippen molar-refractivity contribution in [1.82, 2.24) is 5.32 Å². The van der Waals surface area contributed by atoms with Crippen LogP contribution in [0.3, 0.4) is 0 Å². The minimum absolute atomic E-state index is 0.797. The van der Waals surface area contributed by atoms with E-state index in [1.165, 1.54) is 47.3 Å². The minimum atomic E-state index is -1.31. The Balaban J connectivity index is 0.000000265. The third-order valence-corrected chi connectivity index (χ3v) is 3.24. The number of hydrogen-bond donors (Lipinski definition) is 3. The fourth-order valence-electron chi connectivity index (χ4n) is 1.51. The van der Waals surface area contributed by atoms with Crippen LogP contribution in [-0.4, -0.2) is 62.7 Å². The maximum absolute atomic E-state index is 9.43. The van der Waals surface area contributed by atoms with Crippen LogP contribution < -0.4 is 5.32 Å². The van der Waals surface area contributed by atoms with Gasteiger partial charge < -0.3 is 10.2 Å². The molecule has 0 spiro atoms. The van der Waals surface area contributed by atoms with Crippen molar-refractivity contribution in [3.63, 3.8) is 0 Å². The van der Waals surface area contributed by atoms with Gasteiger partial charge in [0.25, 0.3) is 0 Å². The molecule has 6 heteroatoms. The van der Waals surface area contributed by atoms with Gasteiger partial charge >= 0.3 is 80.7 Å². The van der Waals surface area contributed by atoms with E-state index in [4.69, 9.17) is 10.2 Å². The number of carboxylic acid groups (broad SMARTS) is 2. The molecule has 2 unspecified atom stereocenters. The summed E-state index contributed by atoms with van der Waals surface area (Å²) in [5.41, 5.74) is 0. The first kappa shape index (κ1) is 14.9. The van der Waals surface area contributed by atoms with Gasteiger partial charge in [-0.25, -0.2) is 0 Å². The summed E-state index contributed by atoms with van der Waals surface area (Å²) in [5.74, 6) is -2.62. The molecule has 3 N–H and O–H groups in total. The van der Waals surface area contributed by atoms with E-state index >= 15 is 0 Å². The molecule has 1 fully saturated rings. The zero-order valence-electron chi connectivity index (χ0n) is 9.19. The fraction of sp³-hybridized carbons (Fsp3) is 0.778. The summed E-state index contributed by atoms with van der Waals surface area (Å²) in [4.78, 5) is 18.9. The Labute approximate surface area is 107 Å². The normalized spacial score (nSPS) is 25.0. The molecule has 1 aliphatic heterocycles. The first-order chi connectivity index (χ1) is 6.91. The molecular formula is C9H16NNaO4. The number of hydrogen-bond acceptors (Lipinski definition) is 3. The Bertz CT molecular complexity index is 202. The summed E-state index contributed by atoms with van der Waals surface area (Å²) in [6.07, 6.45) is 2.04. The second kappa shape index (κ2) is 8.10. The van der Waals surface area contributed by atoms with Gasteiger partial charge in [0.05, 0.1) is 0 Å². The van der Waals surface area contributed by atoms with Crippen molar-refractivity contribution < 1.29 is 19.8 Å². The molecule has 0 aromatic heterocycles. The number of carboxylic acids is 2. The molecule has 0 saturated carbocycles. The number of aliphatic carboxylic acids is 2. The zero-order valence-corrected chi connectivity index (χ0v) is 11.2. The summed E-state index contributed by atoms with van der Waals surface area (Å²) < 4.78 is 1.09. The topological polar surface area (TPSA) is 86.6 Å². The Morgan fingerprint density at radius 1 is 1.40 bits per heavy atom.